The van der Waals surface area contributed by atoms with E-state index in [1.807, 2.05) is 18.2 Å². The number of rotatable bonds is 5. The summed E-state index contributed by atoms with van der Waals surface area (Å²) in [6.07, 6.45) is 0. The normalized spacial score (nSPS) is 10.2. The largest absolute Gasteiger partial charge is 0.330 e. The van der Waals surface area contributed by atoms with E-state index in [0.29, 0.717) is 9.47 Å². The average molecular weight is 351 g/mol. The Balaban J connectivity index is 1.86. The van der Waals surface area contributed by atoms with Gasteiger partial charge in [0.05, 0.1) is 5.75 Å². The minimum absolute atomic E-state index is 0.151. The van der Waals surface area contributed by atoms with Crippen LogP contribution in [0.2, 0.25) is 0 Å². The number of carbonyl (C=O) groups is 2. The second-order valence-electron chi connectivity index (χ2n) is 4.82. The molecule has 0 saturated carbocycles. The van der Waals surface area contributed by atoms with Crippen molar-refractivity contribution in [1.29, 1.82) is 0 Å². The molecule has 0 aliphatic heterocycles. The van der Waals surface area contributed by atoms with E-state index in [4.69, 9.17) is 0 Å². The first-order valence-electron chi connectivity index (χ1n) is 6.80. The Hall–Kier alpha value is -2.13. The molecule has 3 N–H and O–H groups in total. The van der Waals surface area contributed by atoms with E-state index < -0.39 is 0 Å². The summed E-state index contributed by atoms with van der Waals surface area (Å²) in [5.41, 5.74) is 7.90. The molecule has 0 radical (unpaired) electrons. The molecule has 0 spiro atoms. The number of anilines is 2. The standard InChI is InChI=1S/C14H17N5O2S2/c1-8-4-5-11(6-9(8)2)15-13-18-19-14(23-13)22-7-12(21)17-16-10(3)20/h4-6H,7H2,1-3H3,(H,15,18)(H,16,20)(H,17,21). The number of hydrogen-bond donors (Lipinski definition) is 3. The maximum atomic E-state index is 11.5. The minimum Gasteiger partial charge on any atom is -0.330 e. The van der Waals surface area contributed by atoms with Crippen LogP contribution in [0.5, 0.6) is 0 Å². The summed E-state index contributed by atoms with van der Waals surface area (Å²) in [7, 11) is 0. The third kappa shape index (κ3) is 5.53. The summed E-state index contributed by atoms with van der Waals surface area (Å²) in [5.74, 6) is -0.471. The van der Waals surface area contributed by atoms with Gasteiger partial charge in [0.1, 0.15) is 0 Å². The van der Waals surface area contributed by atoms with E-state index in [-0.39, 0.29) is 17.6 Å². The van der Waals surface area contributed by atoms with E-state index >= 15 is 0 Å². The van der Waals surface area contributed by atoms with Crippen LogP contribution in [0.15, 0.2) is 22.5 Å². The van der Waals surface area contributed by atoms with E-state index in [1.54, 1.807) is 0 Å². The van der Waals surface area contributed by atoms with Crippen molar-refractivity contribution < 1.29 is 9.59 Å². The summed E-state index contributed by atoms with van der Waals surface area (Å²) in [4.78, 5) is 22.2. The smallest absolute Gasteiger partial charge is 0.248 e. The molecule has 1 heterocycles. The molecule has 0 saturated heterocycles. The molecule has 0 unspecified atom stereocenters. The quantitative estimate of drug-likeness (QED) is 0.564. The number of nitrogens with one attached hydrogen (secondary N) is 3. The third-order valence-corrected chi connectivity index (χ3v) is 4.84. The summed E-state index contributed by atoms with van der Waals surface area (Å²) in [6.45, 7) is 5.43. The summed E-state index contributed by atoms with van der Waals surface area (Å²) >= 11 is 2.63. The molecule has 1 aromatic heterocycles. The van der Waals surface area contributed by atoms with Crippen molar-refractivity contribution >= 4 is 45.7 Å². The van der Waals surface area contributed by atoms with E-state index in [2.05, 4.69) is 40.2 Å². The zero-order chi connectivity index (χ0) is 16.8. The van der Waals surface area contributed by atoms with Crippen molar-refractivity contribution in [3.63, 3.8) is 0 Å². The number of aryl methyl sites for hydroxylation is 2. The number of aromatic nitrogens is 2. The van der Waals surface area contributed by atoms with Gasteiger partial charge in [0.15, 0.2) is 4.34 Å². The Morgan fingerprint density at radius 2 is 1.96 bits per heavy atom. The molecule has 9 heteroatoms. The van der Waals surface area contributed by atoms with Gasteiger partial charge in [-0.2, -0.15) is 0 Å². The van der Waals surface area contributed by atoms with Gasteiger partial charge in [-0.15, -0.1) is 10.2 Å². The Kier molecular flexibility index (Phi) is 5.94. The molecule has 0 aliphatic carbocycles. The predicted molar refractivity (Wildman–Crippen MR) is 91.8 cm³/mol. The highest BCUT2D eigenvalue weighted by molar-refractivity contribution is 8.01. The SMILES string of the molecule is CC(=O)NNC(=O)CSc1nnc(Nc2ccc(C)c(C)c2)s1. The first kappa shape index (κ1) is 17.2. The van der Waals surface area contributed by atoms with Crippen molar-refractivity contribution in [2.24, 2.45) is 0 Å². The van der Waals surface area contributed by atoms with Gasteiger partial charge < -0.3 is 5.32 Å². The number of thioether (sulfide) groups is 1. The van der Waals surface area contributed by atoms with Gasteiger partial charge in [-0.05, 0) is 37.1 Å². The second kappa shape index (κ2) is 7.93. The van der Waals surface area contributed by atoms with Crippen molar-refractivity contribution in [3.05, 3.63) is 29.3 Å². The van der Waals surface area contributed by atoms with Crippen LogP contribution < -0.4 is 16.2 Å². The van der Waals surface area contributed by atoms with E-state index in [9.17, 15) is 9.59 Å². The Morgan fingerprint density at radius 1 is 1.17 bits per heavy atom. The number of benzene rings is 1. The van der Waals surface area contributed by atoms with Crippen LogP contribution in [0.4, 0.5) is 10.8 Å². The summed E-state index contributed by atoms with van der Waals surface area (Å²) < 4.78 is 0.675. The highest BCUT2D eigenvalue weighted by atomic mass is 32.2. The van der Waals surface area contributed by atoms with Crippen LogP contribution >= 0.6 is 23.1 Å². The lowest BCUT2D eigenvalue weighted by Crippen LogP contribution is -2.41. The zero-order valence-electron chi connectivity index (χ0n) is 13.0. The molecule has 0 atom stereocenters. The third-order valence-electron chi connectivity index (χ3n) is 2.87. The van der Waals surface area contributed by atoms with E-state index in [1.165, 1.54) is 41.1 Å². The lowest BCUT2D eigenvalue weighted by molar-refractivity contribution is -0.126. The van der Waals surface area contributed by atoms with Gasteiger partial charge in [-0.1, -0.05) is 29.2 Å². The number of nitrogens with zero attached hydrogens (tertiary/aromatic N) is 2. The van der Waals surface area contributed by atoms with Gasteiger partial charge in [-0.3, -0.25) is 20.4 Å². The van der Waals surface area contributed by atoms with Gasteiger partial charge >= 0.3 is 0 Å². The lowest BCUT2D eigenvalue weighted by atomic mass is 10.1. The Labute approximate surface area is 142 Å². The molecule has 1 aromatic carbocycles. The molecule has 7 nitrogen and oxygen atoms in total. The second-order valence-corrected chi connectivity index (χ2v) is 7.02. The Morgan fingerprint density at radius 3 is 2.65 bits per heavy atom. The highest BCUT2D eigenvalue weighted by Crippen LogP contribution is 2.28. The molecule has 0 bridgehead atoms. The topological polar surface area (TPSA) is 96.0 Å². The van der Waals surface area contributed by atoms with Crippen molar-refractivity contribution in [3.8, 4) is 0 Å². The molecule has 0 aliphatic rings. The van der Waals surface area contributed by atoms with Gasteiger partial charge in [-0.25, -0.2) is 0 Å². The summed E-state index contributed by atoms with van der Waals surface area (Å²) in [6, 6.07) is 6.07. The highest BCUT2D eigenvalue weighted by Gasteiger charge is 2.09. The number of amides is 2. The minimum atomic E-state index is -0.320. The number of hydrogen-bond acceptors (Lipinski definition) is 7. The molecule has 2 aromatic rings. The fourth-order valence-electron chi connectivity index (χ4n) is 1.58. The molecular weight excluding hydrogens is 334 g/mol. The van der Waals surface area contributed by atoms with Crippen LogP contribution in [0.3, 0.4) is 0 Å². The predicted octanol–water partition coefficient (Wildman–Crippen LogP) is 2.16. The van der Waals surface area contributed by atoms with Crippen LogP contribution in [-0.2, 0) is 9.59 Å². The van der Waals surface area contributed by atoms with Crippen molar-refractivity contribution in [2.45, 2.75) is 25.1 Å². The van der Waals surface area contributed by atoms with Crippen LogP contribution in [0.1, 0.15) is 18.1 Å². The molecule has 2 amide bonds. The van der Waals surface area contributed by atoms with Gasteiger partial charge in [0.25, 0.3) is 0 Å². The number of hydrazine groups is 1. The maximum Gasteiger partial charge on any atom is 0.248 e. The van der Waals surface area contributed by atoms with Crippen LogP contribution in [0.25, 0.3) is 0 Å². The molecule has 122 valence electrons. The van der Waals surface area contributed by atoms with Crippen molar-refractivity contribution in [2.75, 3.05) is 11.1 Å². The fourth-order valence-corrected chi connectivity index (χ4v) is 3.15. The maximum absolute atomic E-state index is 11.5. The molecule has 0 fully saturated rings. The van der Waals surface area contributed by atoms with Gasteiger partial charge in [0.2, 0.25) is 16.9 Å². The molecule has 2 rings (SSSR count). The fraction of sp³-hybridized carbons (Fsp3) is 0.286. The molecule has 23 heavy (non-hydrogen) atoms. The monoisotopic (exact) mass is 351 g/mol. The van der Waals surface area contributed by atoms with Crippen LogP contribution in [0, 0.1) is 13.8 Å². The number of carbonyl (C=O) groups excluding carboxylic acids is 2. The first-order chi connectivity index (χ1) is 10.9. The molecular formula is C14H17N5O2S2. The zero-order valence-corrected chi connectivity index (χ0v) is 14.6. The first-order valence-corrected chi connectivity index (χ1v) is 8.60. The van der Waals surface area contributed by atoms with Crippen molar-refractivity contribution in [1.82, 2.24) is 21.0 Å². The average Bonchev–Trinajstić information content (AvgIpc) is 2.94. The lowest BCUT2D eigenvalue weighted by Gasteiger charge is -2.05. The Bertz CT molecular complexity index is 717. The van der Waals surface area contributed by atoms with Gasteiger partial charge in [0, 0.05) is 12.6 Å². The van der Waals surface area contributed by atoms with E-state index in [0.717, 1.165) is 5.69 Å². The summed E-state index contributed by atoms with van der Waals surface area (Å²) in [5, 5.41) is 11.9. The van der Waals surface area contributed by atoms with Crippen LogP contribution in [-0.4, -0.2) is 27.8 Å².